The van der Waals surface area contributed by atoms with Crippen molar-refractivity contribution in [2.75, 3.05) is 6.54 Å². The van der Waals surface area contributed by atoms with Gasteiger partial charge in [0.1, 0.15) is 0 Å². The molecule has 0 aromatic heterocycles. The highest BCUT2D eigenvalue weighted by molar-refractivity contribution is 5.04. The highest BCUT2D eigenvalue weighted by Gasteiger charge is 2.51. The molecule has 1 nitrogen and oxygen atoms in total. The summed E-state index contributed by atoms with van der Waals surface area (Å²) in [5.74, 6) is 1.96. The first-order chi connectivity index (χ1) is 7.21. The zero-order valence-corrected chi connectivity index (χ0v) is 12.0. The van der Waals surface area contributed by atoms with Gasteiger partial charge in [0.2, 0.25) is 0 Å². The third-order valence-corrected chi connectivity index (χ3v) is 4.64. The van der Waals surface area contributed by atoms with Gasteiger partial charge in [0.25, 0.3) is 0 Å². The van der Waals surface area contributed by atoms with Gasteiger partial charge >= 0.3 is 0 Å². The lowest BCUT2D eigenvalue weighted by Gasteiger charge is -2.45. The van der Waals surface area contributed by atoms with E-state index in [9.17, 15) is 0 Å². The zero-order valence-electron chi connectivity index (χ0n) is 12.0. The molecule has 1 saturated carbocycles. The van der Waals surface area contributed by atoms with Gasteiger partial charge < -0.3 is 0 Å². The molecule has 2 aliphatic rings. The molecule has 0 bridgehead atoms. The van der Waals surface area contributed by atoms with Crippen LogP contribution in [-0.2, 0) is 0 Å². The molecule has 16 heavy (non-hydrogen) atoms. The molecule has 2 rings (SSSR count). The van der Waals surface area contributed by atoms with E-state index in [4.69, 9.17) is 0 Å². The Balaban J connectivity index is 2.27. The Morgan fingerprint density at radius 2 is 1.56 bits per heavy atom. The molecule has 0 aromatic carbocycles. The van der Waals surface area contributed by atoms with Gasteiger partial charge in [0, 0.05) is 18.1 Å². The van der Waals surface area contributed by atoms with E-state index >= 15 is 0 Å². The van der Waals surface area contributed by atoms with Crippen LogP contribution < -0.4 is 0 Å². The molecule has 94 valence electrons. The lowest BCUT2D eigenvalue weighted by molar-refractivity contribution is 0.0377. The molecule has 3 atom stereocenters. The highest BCUT2D eigenvalue weighted by atomic mass is 15.3. The van der Waals surface area contributed by atoms with Crippen LogP contribution >= 0.6 is 0 Å². The first-order valence-electron chi connectivity index (χ1n) is 6.98. The Kier molecular flexibility index (Phi) is 2.89. The fourth-order valence-electron chi connectivity index (χ4n) is 4.11. The van der Waals surface area contributed by atoms with E-state index in [1.165, 1.54) is 25.8 Å². The Morgan fingerprint density at radius 1 is 0.938 bits per heavy atom. The van der Waals surface area contributed by atoms with Crippen molar-refractivity contribution in [1.82, 2.24) is 4.90 Å². The fraction of sp³-hybridized carbons (Fsp3) is 1.00. The summed E-state index contributed by atoms with van der Waals surface area (Å²) in [6, 6.07) is 0.792. The maximum absolute atomic E-state index is 2.79. The molecular weight excluding hydrogens is 194 g/mol. The van der Waals surface area contributed by atoms with Crippen molar-refractivity contribution in [3.8, 4) is 0 Å². The van der Waals surface area contributed by atoms with Crippen LogP contribution in [0.3, 0.4) is 0 Å². The monoisotopic (exact) mass is 223 g/mol. The van der Waals surface area contributed by atoms with Gasteiger partial charge in [-0.3, -0.25) is 4.90 Å². The van der Waals surface area contributed by atoms with Crippen LogP contribution in [0.2, 0.25) is 0 Å². The number of hydrogen-bond acceptors (Lipinski definition) is 1. The maximum Gasteiger partial charge on any atom is 0.0180 e. The van der Waals surface area contributed by atoms with Gasteiger partial charge in [0.15, 0.2) is 0 Å². The zero-order chi connectivity index (χ0) is 12.1. The Hall–Kier alpha value is -0.0400. The third kappa shape index (κ3) is 2.03. The second-order valence-electron chi connectivity index (χ2n) is 7.99. The van der Waals surface area contributed by atoms with Gasteiger partial charge in [-0.05, 0) is 50.9 Å². The van der Waals surface area contributed by atoms with E-state index in [0.29, 0.717) is 11.0 Å². The summed E-state index contributed by atoms with van der Waals surface area (Å²) in [7, 11) is 0. The van der Waals surface area contributed by atoms with Crippen LogP contribution in [0, 0.1) is 17.3 Å². The number of likely N-dealkylation sites (tertiary alicyclic amines) is 1. The quantitative estimate of drug-likeness (QED) is 0.601. The molecular formula is C15H29N. The van der Waals surface area contributed by atoms with Crippen LogP contribution in [0.25, 0.3) is 0 Å². The van der Waals surface area contributed by atoms with Crippen molar-refractivity contribution in [3.05, 3.63) is 0 Å². The molecule has 1 heterocycles. The summed E-state index contributed by atoms with van der Waals surface area (Å²) in [5, 5.41) is 0. The Bertz CT molecular complexity index is 256. The number of rotatable bonds is 0. The van der Waals surface area contributed by atoms with Crippen LogP contribution in [0.1, 0.15) is 60.8 Å². The van der Waals surface area contributed by atoms with Crippen LogP contribution in [0.4, 0.5) is 0 Å². The van der Waals surface area contributed by atoms with Crippen LogP contribution in [0.15, 0.2) is 0 Å². The van der Waals surface area contributed by atoms with Gasteiger partial charge in [-0.15, -0.1) is 0 Å². The van der Waals surface area contributed by atoms with Crippen molar-refractivity contribution < 1.29 is 0 Å². The second kappa shape index (κ2) is 3.73. The molecule has 0 spiro atoms. The fourth-order valence-corrected chi connectivity index (χ4v) is 4.11. The molecule has 0 aromatic rings. The molecule has 1 aliphatic heterocycles. The smallest absolute Gasteiger partial charge is 0.0180 e. The normalized spacial score (nSPS) is 36.8. The van der Waals surface area contributed by atoms with E-state index in [0.717, 1.165) is 17.9 Å². The maximum atomic E-state index is 2.79. The summed E-state index contributed by atoms with van der Waals surface area (Å²) in [6.45, 7) is 15.8. The first kappa shape index (κ1) is 12.4. The van der Waals surface area contributed by atoms with E-state index in [1.807, 2.05) is 0 Å². The molecule has 2 fully saturated rings. The van der Waals surface area contributed by atoms with Crippen molar-refractivity contribution in [2.45, 2.75) is 72.4 Å². The predicted molar refractivity (Wildman–Crippen MR) is 70.5 cm³/mol. The first-order valence-corrected chi connectivity index (χ1v) is 6.98. The van der Waals surface area contributed by atoms with Crippen molar-refractivity contribution in [2.24, 2.45) is 17.3 Å². The Labute approximate surface area is 102 Å². The minimum atomic E-state index is 0.336. The van der Waals surface area contributed by atoms with Gasteiger partial charge in [-0.25, -0.2) is 0 Å². The number of fused-ring (bicyclic) bond motifs is 1. The topological polar surface area (TPSA) is 3.24 Å². The third-order valence-electron chi connectivity index (χ3n) is 4.64. The van der Waals surface area contributed by atoms with E-state index in [2.05, 4.69) is 46.4 Å². The molecule has 0 radical (unpaired) electrons. The summed E-state index contributed by atoms with van der Waals surface area (Å²) < 4.78 is 0. The minimum Gasteiger partial charge on any atom is -0.294 e. The van der Waals surface area contributed by atoms with E-state index < -0.39 is 0 Å². The lowest BCUT2D eigenvalue weighted by atomic mass is 9.77. The SMILES string of the molecule is CC(C)(C)[C@@H]1[C@H]2CCC[C@H]2CN1C(C)(C)C. The summed E-state index contributed by atoms with van der Waals surface area (Å²) in [4.78, 5) is 2.79. The van der Waals surface area contributed by atoms with Gasteiger partial charge in [-0.2, -0.15) is 0 Å². The number of nitrogens with zero attached hydrogens (tertiary/aromatic N) is 1. The van der Waals surface area contributed by atoms with Crippen LogP contribution in [-0.4, -0.2) is 23.0 Å². The molecule has 1 saturated heterocycles. The minimum absolute atomic E-state index is 0.336. The summed E-state index contributed by atoms with van der Waals surface area (Å²) in [6.07, 6.45) is 4.42. The van der Waals surface area contributed by atoms with Crippen molar-refractivity contribution >= 4 is 0 Å². The second-order valence-corrected chi connectivity index (χ2v) is 7.99. The number of hydrogen-bond donors (Lipinski definition) is 0. The molecule has 0 unspecified atom stereocenters. The van der Waals surface area contributed by atoms with E-state index in [1.54, 1.807) is 0 Å². The highest BCUT2D eigenvalue weighted by Crippen LogP contribution is 2.49. The molecule has 0 amide bonds. The largest absolute Gasteiger partial charge is 0.294 e. The standard InChI is InChI=1S/C15H29N/c1-14(2,3)13-12-9-7-8-11(12)10-16(13)15(4,5)6/h11-13H,7-10H2,1-6H3/t11-,12-,13-/m0/s1. The van der Waals surface area contributed by atoms with Gasteiger partial charge in [0.05, 0.1) is 0 Å². The Morgan fingerprint density at radius 3 is 2.06 bits per heavy atom. The van der Waals surface area contributed by atoms with Crippen molar-refractivity contribution in [3.63, 3.8) is 0 Å². The van der Waals surface area contributed by atoms with Crippen LogP contribution in [0.5, 0.6) is 0 Å². The summed E-state index contributed by atoms with van der Waals surface area (Å²) >= 11 is 0. The predicted octanol–water partition coefficient (Wildman–Crippen LogP) is 3.93. The lowest BCUT2D eigenvalue weighted by Crippen LogP contribution is -2.51. The molecule has 1 aliphatic carbocycles. The summed E-state index contributed by atoms with van der Waals surface area (Å²) in [5.41, 5.74) is 0.763. The van der Waals surface area contributed by atoms with E-state index in [-0.39, 0.29) is 0 Å². The molecule has 1 heteroatoms. The average Bonchev–Trinajstić information content (AvgIpc) is 2.53. The van der Waals surface area contributed by atoms with Gasteiger partial charge in [-0.1, -0.05) is 27.2 Å². The molecule has 0 N–H and O–H groups in total. The van der Waals surface area contributed by atoms with Crippen molar-refractivity contribution in [1.29, 1.82) is 0 Å². The average molecular weight is 223 g/mol.